The van der Waals surface area contributed by atoms with E-state index < -0.39 is 0 Å². The second kappa shape index (κ2) is 8.17. The number of carbonyl (C=O) groups is 1. The van der Waals surface area contributed by atoms with E-state index in [2.05, 4.69) is 60.5 Å². The van der Waals surface area contributed by atoms with Crippen molar-refractivity contribution >= 4 is 11.6 Å². The van der Waals surface area contributed by atoms with Crippen LogP contribution in [0.2, 0.25) is 0 Å². The second-order valence-corrected chi connectivity index (χ2v) is 6.72. The Morgan fingerprint density at radius 3 is 2.44 bits per heavy atom. The predicted octanol–water partition coefficient (Wildman–Crippen LogP) is 2.99. The highest BCUT2D eigenvalue weighted by Crippen LogP contribution is 2.18. The van der Waals surface area contributed by atoms with E-state index in [9.17, 15) is 4.79 Å². The van der Waals surface area contributed by atoms with Crippen molar-refractivity contribution in [3.8, 4) is 0 Å². The molecular formula is C21H27N3O. The molecule has 0 spiro atoms. The Morgan fingerprint density at radius 1 is 1.04 bits per heavy atom. The van der Waals surface area contributed by atoms with Crippen molar-refractivity contribution in [2.45, 2.75) is 19.9 Å². The van der Waals surface area contributed by atoms with Crippen molar-refractivity contribution < 1.29 is 4.79 Å². The summed E-state index contributed by atoms with van der Waals surface area (Å²) in [5, 5.41) is 3.34. The number of amides is 1. The van der Waals surface area contributed by atoms with E-state index in [0.29, 0.717) is 6.54 Å². The Balaban J connectivity index is 1.47. The lowest BCUT2D eigenvalue weighted by Gasteiger charge is -2.36. The van der Waals surface area contributed by atoms with E-state index >= 15 is 0 Å². The molecule has 0 saturated carbocycles. The molecule has 132 valence electrons. The average Bonchev–Trinajstić information content (AvgIpc) is 2.66. The largest absolute Gasteiger partial charge is 0.368 e. The van der Waals surface area contributed by atoms with E-state index in [4.69, 9.17) is 0 Å². The van der Waals surface area contributed by atoms with Gasteiger partial charge in [-0.15, -0.1) is 0 Å². The first-order chi connectivity index (χ1) is 12.1. The number of aryl methyl sites for hydroxylation is 1. The fourth-order valence-corrected chi connectivity index (χ4v) is 3.25. The highest BCUT2D eigenvalue weighted by Gasteiger charge is 2.21. The van der Waals surface area contributed by atoms with Gasteiger partial charge in [0.05, 0.1) is 6.54 Å². The molecule has 0 aliphatic carbocycles. The zero-order valence-corrected chi connectivity index (χ0v) is 15.1. The topological polar surface area (TPSA) is 35.6 Å². The summed E-state index contributed by atoms with van der Waals surface area (Å²) in [6.45, 7) is 7.96. The molecule has 4 heteroatoms. The van der Waals surface area contributed by atoms with Crippen LogP contribution in [0.5, 0.6) is 0 Å². The van der Waals surface area contributed by atoms with Crippen LogP contribution in [-0.4, -0.2) is 43.5 Å². The molecule has 1 unspecified atom stereocenters. The van der Waals surface area contributed by atoms with Crippen molar-refractivity contribution in [3.05, 3.63) is 65.7 Å². The molecule has 4 nitrogen and oxygen atoms in total. The molecule has 1 aliphatic rings. The minimum absolute atomic E-state index is 0.179. The molecule has 2 aromatic rings. The van der Waals surface area contributed by atoms with Gasteiger partial charge in [0.15, 0.2) is 0 Å². The van der Waals surface area contributed by atoms with Crippen LogP contribution in [0.4, 0.5) is 5.69 Å². The summed E-state index contributed by atoms with van der Waals surface area (Å²) in [5.74, 6) is 0.187. The summed E-state index contributed by atoms with van der Waals surface area (Å²) in [6.07, 6.45) is 0. The maximum atomic E-state index is 12.5. The summed E-state index contributed by atoms with van der Waals surface area (Å²) in [7, 11) is 0. The van der Waals surface area contributed by atoms with Crippen molar-refractivity contribution in [2.24, 2.45) is 0 Å². The van der Waals surface area contributed by atoms with Gasteiger partial charge in [-0.25, -0.2) is 0 Å². The van der Waals surface area contributed by atoms with Crippen LogP contribution >= 0.6 is 0 Å². The van der Waals surface area contributed by atoms with Gasteiger partial charge >= 0.3 is 0 Å². The van der Waals surface area contributed by atoms with Gasteiger partial charge in [0.2, 0.25) is 5.91 Å². The van der Waals surface area contributed by atoms with E-state index in [0.717, 1.165) is 26.2 Å². The van der Waals surface area contributed by atoms with Gasteiger partial charge in [0.25, 0.3) is 0 Å². The zero-order valence-electron chi connectivity index (χ0n) is 15.1. The van der Waals surface area contributed by atoms with Crippen LogP contribution in [0, 0.1) is 6.92 Å². The van der Waals surface area contributed by atoms with Crippen molar-refractivity contribution in [3.63, 3.8) is 0 Å². The first-order valence-corrected chi connectivity index (χ1v) is 9.01. The van der Waals surface area contributed by atoms with Gasteiger partial charge in [0.1, 0.15) is 0 Å². The molecule has 1 aliphatic heterocycles. The van der Waals surface area contributed by atoms with E-state index in [-0.39, 0.29) is 11.9 Å². The lowest BCUT2D eigenvalue weighted by molar-refractivity contribution is -0.130. The molecular weight excluding hydrogens is 310 g/mol. The fraction of sp³-hybridized carbons (Fsp3) is 0.381. The molecule has 0 radical (unpaired) electrons. The SMILES string of the molecule is Cc1cccc(N2CCN(C(=O)CNC(C)c3ccccc3)CC2)c1. The number of piperazine rings is 1. The van der Waals surface area contributed by atoms with Crippen LogP contribution in [0.15, 0.2) is 54.6 Å². The molecule has 25 heavy (non-hydrogen) atoms. The van der Waals surface area contributed by atoms with Gasteiger partial charge in [-0.2, -0.15) is 0 Å². The first-order valence-electron chi connectivity index (χ1n) is 9.01. The predicted molar refractivity (Wildman–Crippen MR) is 103 cm³/mol. The van der Waals surface area contributed by atoms with Gasteiger partial charge in [-0.05, 0) is 37.1 Å². The molecule has 1 atom stereocenters. The third kappa shape index (κ3) is 4.60. The fourth-order valence-electron chi connectivity index (χ4n) is 3.25. The maximum absolute atomic E-state index is 12.5. The molecule has 3 rings (SSSR count). The minimum Gasteiger partial charge on any atom is -0.368 e. The van der Waals surface area contributed by atoms with E-state index in [1.54, 1.807) is 0 Å². The van der Waals surface area contributed by atoms with Crippen molar-refractivity contribution in [1.29, 1.82) is 0 Å². The molecule has 0 bridgehead atoms. The van der Waals surface area contributed by atoms with Crippen LogP contribution < -0.4 is 10.2 Å². The molecule has 2 aromatic carbocycles. The first kappa shape index (κ1) is 17.5. The van der Waals surface area contributed by atoms with E-state index in [1.165, 1.54) is 16.8 Å². The normalized spacial score (nSPS) is 15.9. The second-order valence-electron chi connectivity index (χ2n) is 6.72. The minimum atomic E-state index is 0.179. The number of carbonyl (C=O) groups excluding carboxylic acids is 1. The maximum Gasteiger partial charge on any atom is 0.236 e. The van der Waals surface area contributed by atoms with Crippen LogP contribution in [0.3, 0.4) is 0 Å². The molecule has 1 fully saturated rings. The summed E-state index contributed by atoms with van der Waals surface area (Å²) in [6, 6.07) is 19.0. The smallest absolute Gasteiger partial charge is 0.236 e. The van der Waals surface area contributed by atoms with Crippen molar-refractivity contribution in [2.75, 3.05) is 37.6 Å². The van der Waals surface area contributed by atoms with Gasteiger partial charge in [0, 0.05) is 37.9 Å². The Kier molecular flexibility index (Phi) is 5.71. The number of benzene rings is 2. The zero-order chi connectivity index (χ0) is 17.6. The third-order valence-corrected chi connectivity index (χ3v) is 4.86. The Labute approximate surface area is 150 Å². The third-order valence-electron chi connectivity index (χ3n) is 4.86. The highest BCUT2D eigenvalue weighted by molar-refractivity contribution is 5.78. The van der Waals surface area contributed by atoms with Gasteiger partial charge in [-0.1, -0.05) is 42.5 Å². The molecule has 1 heterocycles. The summed E-state index contributed by atoms with van der Waals surface area (Å²) in [4.78, 5) is 16.8. The van der Waals surface area contributed by atoms with Crippen LogP contribution in [0.1, 0.15) is 24.1 Å². The Morgan fingerprint density at radius 2 is 1.76 bits per heavy atom. The van der Waals surface area contributed by atoms with Gasteiger partial charge in [-0.3, -0.25) is 4.79 Å². The number of rotatable bonds is 5. The Bertz CT molecular complexity index is 693. The van der Waals surface area contributed by atoms with E-state index in [1.807, 2.05) is 23.1 Å². The van der Waals surface area contributed by atoms with Gasteiger partial charge < -0.3 is 15.1 Å². The summed E-state index contributed by atoms with van der Waals surface area (Å²) < 4.78 is 0. The molecule has 0 aromatic heterocycles. The lowest BCUT2D eigenvalue weighted by Crippen LogP contribution is -2.51. The van der Waals surface area contributed by atoms with Crippen molar-refractivity contribution in [1.82, 2.24) is 10.2 Å². The number of nitrogens with zero attached hydrogens (tertiary/aromatic N) is 2. The van der Waals surface area contributed by atoms with Crippen LogP contribution in [0.25, 0.3) is 0 Å². The monoisotopic (exact) mass is 337 g/mol. The molecule has 1 amide bonds. The molecule has 1 N–H and O–H groups in total. The average molecular weight is 337 g/mol. The highest BCUT2D eigenvalue weighted by atomic mass is 16.2. The van der Waals surface area contributed by atoms with Crippen LogP contribution in [-0.2, 0) is 4.79 Å². The summed E-state index contributed by atoms with van der Waals surface area (Å²) >= 11 is 0. The number of anilines is 1. The molecule has 1 saturated heterocycles. The quantitative estimate of drug-likeness (QED) is 0.911. The number of hydrogen-bond acceptors (Lipinski definition) is 3. The standard InChI is InChI=1S/C21H27N3O/c1-17-7-6-10-20(15-17)23-11-13-24(14-12-23)21(25)16-22-18(2)19-8-4-3-5-9-19/h3-10,15,18,22H,11-14,16H2,1-2H3. The lowest BCUT2D eigenvalue weighted by atomic mass is 10.1. The number of hydrogen-bond donors (Lipinski definition) is 1. The summed E-state index contributed by atoms with van der Waals surface area (Å²) in [5.41, 5.74) is 3.73. The Hall–Kier alpha value is -2.33. The number of nitrogens with one attached hydrogen (secondary N) is 1.